The minimum Gasteiger partial charge on any atom is -0.463 e. The molecule has 0 spiro atoms. The number of hydrogen-bond donors (Lipinski definition) is 0. The van der Waals surface area contributed by atoms with E-state index in [9.17, 15) is 4.79 Å². The summed E-state index contributed by atoms with van der Waals surface area (Å²) in [7, 11) is 0. The van der Waals surface area contributed by atoms with E-state index in [0.29, 0.717) is 18.4 Å². The summed E-state index contributed by atoms with van der Waals surface area (Å²) >= 11 is 0. The molecule has 2 saturated carbocycles. The lowest BCUT2D eigenvalue weighted by molar-refractivity contribution is -0.137. The van der Waals surface area contributed by atoms with Crippen LogP contribution in [0.15, 0.2) is 52.7 Å². The van der Waals surface area contributed by atoms with Crippen LogP contribution in [0.25, 0.3) is 0 Å². The van der Waals surface area contributed by atoms with Crippen LogP contribution in [0.2, 0.25) is 0 Å². The fraction of sp³-hybridized carbons (Fsp3) is 0.571. The number of nitrogens with zero attached hydrogens (tertiary/aromatic N) is 2. The van der Waals surface area contributed by atoms with Crippen molar-refractivity contribution in [2.45, 2.75) is 51.1 Å². The number of fused-ring (bicyclic) bond motifs is 5. The highest BCUT2D eigenvalue weighted by Gasteiger charge is 2.76. The third-order valence-corrected chi connectivity index (χ3v) is 6.92. The number of esters is 1. The Hall–Kier alpha value is -1.97. The molecule has 4 nitrogen and oxygen atoms in total. The third-order valence-electron chi connectivity index (χ3n) is 6.92. The molecule has 0 aromatic heterocycles. The molecule has 4 rings (SSSR count). The zero-order valence-corrected chi connectivity index (χ0v) is 15.2. The van der Waals surface area contributed by atoms with Gasteiger partial charge in [0.25, 0.3) is 0 Å². The maximum atomic E-state index is 11.9. The van der Waals surface area contributed by atoms with E-state index >= 15 is 0 Å². The number of carbonyl (C=O) groups is 1. The Morgan fingerprint density at radius 2 is 1.92 bits per heavy atom. The Kier molecular flexibility index (Phi) is 3.64. The molecule has 0 saturated heterocycles. The van der Waals surface area contributed by atoms with Crippen molar-refractivity contribution in [3.8, 4) is 0 Å². The fourth-order valence-electron chi connectivity index (χ4n) is 5.85. The predicted octanol–water partition coefficient (Wildman–Crippen LogP) is 4.66. The first-order chi connectivity index (χ1) is 12.0. The normalized spacial score (nSPS) is 37.6. The van der Waals surface area contributed by atoms with E-state index in [0.717, 1.165) is 6.42 Å². The number of hydrogen-bond acceptors (Lipinski definition) is 4. The maximum absolute atomic E-state index is 11.9. The van der Waals surface area contributed by atoms with Gasteiger partial charge in [0.1, 0.15) is 11.1 Å². The van der Waals surface area contributed by atoms with Crippen LogP contribution in [-0.4, -0.2) is 18.1 Å². The standard InChI is InChI=1S/C21H26N2O2/c1-4-25-18(24)13-14-20-16-11-8-12-17(16)21(23-22-20,19(20,2)3)15-9-6-5-7-10-15/h5-7,9-10,13-14,16-17H,4,8,11-12H2,1-3H3/b14-13+/t16-,17+,20-,21+/m0/s1. The Labute approximate surface area is 149 Å². The lowest BCUT2D eigenvalue weighted by atomic mass is 9.63. The third kappa shape index (κ3) is 1.91. The van der Waals surface area contributed by atoms with E-state index in [1.165, 1.54) is 18.4 Å². The summed E-state index contributed by atoms with van der Waals surface area (Å²) in [4.78, 5) is 11.9. The van der Waals surface area contributed by atoms with Crippen molar-refractivity contribution < 1.29 is 9.53 Å². The van der Waals surface area contributed by atoms with Crippen molar-refractivity contribution in [2.24, 2.45) is 27.5 Å². The minimum atomic E-state index is -0.420. The van der Waals surface area contributed by atoms with E-state index < -0.39 is 5.54 Å². The molecule has 3 aliphatic rings. The van der Waals surface area contributed by atoms with Crippen molar-refractivity contribution in [1.82, 2.24) is 0 Å². The Morgan fingerprint density at radius 3 is 2.64 bits per heavy atom. The smallest absolute Gasteiger partial charge is 0.330 e. The van der Waals surface area contributed by atoms with Crippen LogP contribution < -0.4 is 0 Å². The van der Waals surface area contributed by atoms with Crippen molar-refractivity contribution in [3.63, 3.8) is 0 Å². The molecule has 0 N–H and O–H groups in total. The van der Waals surface area contributed by atoms with Crippen molar-refractivity contribution in [1.29, 1.82) is 0 Å². The van der Waals surface area contributed by atoms with Gasteiger partial charge in [0.15, 0.2) is 0 Å². The Bertz CT molecular complexity index is 740. The lowest BCUT2D eigenvalue weighted by Gasteiger charge is -2.40. The number of azo groups is 1. The second-order valence-electron chi connectivity index (χ2n) is 8.01. The van der Waals surface area contributed by atoms with Gasteiger partial charge >= 0.3 is 5.97 Å². The summed E-state index contributed by atoms with van der Waals surface area (Å²) in [5, 5.41) is 9.76. The van der Waals surface area contributed by atoms with Gasteiger partial charge in [0.05, 0.1) is 6.61 Å². The van der Waals surface area contributed by atoms with E-state index in [-0.39, 0.29) is 16.9 Å². The summed E-state index contributed by atoms with van der Waals surface area (Å²) in [5.74, 6) is 0.627. The topological polar surface area (TPSA) is 51.0 Å². The minimum absolute atomic E-state index is 0.180. The van der Waals surface area contributed by atoms with Crippen molar-refractivity contribution >= 4 is 5.97 Å². The molecule has 25 heavy (non-hydrogen) atoms. The molecule has 1 aliphatic heterocycles. The summed E-state index contributed by atoms with van der Waals surface area (Å²) in [6, 6.07) is 10.6. The molecular formula is C21H26N2O2. The maximum Gasteiger partial charge on any atom is 0.330 e. The highest BCUT2D eigenvalue weighted by Crippen LogP contribution is 2.74. The van der Waals surface area contributed by atoms with Gasteiger partial charge in [-0.25, -0.2) is 4.79 Å². The average molecular weight is 338 g/mol. The molecule has 0 unspecified atom stereocenters. The van der Waals surface area contributed by atoms with Gasteiger partial charge < -0.3 is 4.74 Å². The molecule has 1 heterocycles. The summed E-state index contributed by atoms with van der Waals surface area (Å²) in [5.41, 5.74) is 0.357. The van der Waals surface area contributed by atoms with Crippen molar-refractivity contribution in [2.75, 3.05) is 6.61 Å². The Morgan fingerprint density at radius 1 is 1.20 bits per heavy atom. The first-order valence-corrected chi connectivity index (χ1v) is 9.35. The number of benzene rings is 1. The first kappa shape index (κ1) is 16.5. The molecule has 4 heteroatoms. The van der Waals surface area contributed by atoms with Gasteiger partial charge in [-0.1, -0.05) is 50.6 Å². The van der Waals surface area contributed by atoms with E-state index in [4.69, 9.17) is 15.0 Å². The molecule has 4 atom stereocenters. The molecule has 132 valence electrons. The molecule has 0 amide bonds. The first-order valence-electron chi connectivity index (χ1n) is 9.35. The largest absolute Gasteiger partial charge is 0.463 e. The average Bonchev–Trinajstić information content (AvgIpc) is 3.22. The highest BCUT2D eigenvalue weighted by molar-refractivity contribution is 5.82. The molecule has 0 radical (unpaired) electrons. The van der Waals surface area contributed by atoms with Crippen molar-refractivity contribution in [3.05, 3.63) is 48.0 Å². The number of rotatable bonds is 4. The molecular weight excluding hydrogens is 312 g/mol. The summed E-state index contributed by atoms with van der Waals surface area (Å²) in [6.07, 6.45) is 7.10. The van der Waals surface area contributed by atoms with Crippen LogP contribution in [0, 0.1) is 17.3 Å². The predicted molar refractivity (Wildman–Crippen MR) is 96.1 cm³/mol. The lowest BCUT2D eigenvalue weighted by Crippen LogP contribution is -2.45. The second kappa shape index (κ2) is 5.52. The molecule has 2 fully saturated rings. The van der Waals surface area contributed by atoms with Gasteiger partial charge in [-0.05, 0) is 43.2 Å². The zero-order valence-electron chi connectivity index (χ0n) is 15.2. The van der Waals surface area contributed by atoms with Crippen LogP contribution >= 0.6 is 0 Å². The highest BCUT2D eigenvalue weighted by atomic mass is 16.5. The molecule has 1 aromatic rings. The second-order valence-corrected chi connectivity index (χ2v) is 8.01. The molecule has 1 aromatic carbocycles. The van der Waals surface area contributed by atoms with E-state index in [1.54, 1.807) is 6.08 Å². The van der Waals surface area contributed by atoms with Crippen LogP contribution in [0.5, 0.6) is 0 Å². The van der Waals surface area contributed by atoms with Crippen LogP contribution in [0.3, 0.4) is 0 Å². The van der Waals surface area contributed by atoms with Crippen LogP contribution in [0.1, 0.15) is 45.6 Å². The van der Waals surface area contributed by atoms with E-state index in [1.807, 2.05) is 19.1 Å². The van der Waals surface area contributed by atoms with Gasteiger partial charge in [0, 0.05) is 11.5 Å². The SMILES string of the molecule is CCOC(=O)/C=C/[C@]12N=N[C@](c3ccccc3)([C@@H]3CCC[C@@H]31)C2(C)C. The number of carbonyl (C=O) groups excluding carboxylic acids is 1. The summed E-state index contributed by atoms with van der Waals surface area (Å²) < 4.78 is 5.10. The Balaban J connectivity index is 1.83. The quantitative estimate of drug-likeness (QED) is 0.592. The molecule has 2 bridgehead atoms. The summed E-state index contributed by atoms with van der Waals surface area (Å²) in [6.45, 7) is 6.76. The zero-order chi connectivity index (χ0) is 17.7. The van der Waals surface area contributed by atoms with Crippen LogP contribution in [-0.2, 0) is 15.1 Å². The monoisotopic (exact) mass is 338 g/mol. The van der Waals surface area contributed by atoms with Gasteiger partial charge in [-0.2, -0.15) is 10.2 Å². The van der Waals surface area contributed by atoms with E-state index in [2.05, 4.69) is 38.1 Å². The number of ether oxygens (including phenoxy) is 1. The fourth-order valence-corrected chi connectivity index (χ4v) is 5.85. The molecule has 2 aliphatic carbocycles. The van der Waals surface area contributed by atoms with Crippen LogP contribution in [0.4, 0.5) is 0 Å². The van der Waals surface area contributed by atoms with Gasteiger partial charge in [0.2, 0.25) is 0 Å². The van der Waals surface area contributed by atoms with Gasteiger partial charge in [-0.15, -0.1) is 0 Å². The van der Waals surface area contributed by atoms with Gasteiger partial charge in [-0.3, -0.25) is 0 Å².